The van der Waals surface area contributed by atoms with Crippen molar-refractivity contribution in [3.63, 3.8) is 0 Å². The molecule has 15 heavy (non-hydrogen) atoms. The van der Waals surface area contributed by atoms with Crippen LogP contribution in [0.15, 0.2) is 60.7 Å². The second-order valence-electron chi connectivity index (χ2n) is 3.47. The Morgan fingerprint density at radius 1 is 0.533 bits per heavy atom. The maximum absolute atomic E-state index is 2.18. The summed E-state index contributed by atoms with van der Waals surface area (Å²) >= 11 is 0. The van der Waals surface area contributed by atoms with Gasteiger partial charge in [0.25, 0.3) is 0 Å². The molecule has 0 spiro atoms. The number of hydrogen-bond acceptors (Lipinski definition) is 0. The third-order valence-corrected chi connectivity index (χ3v) is 2.39. The zero-order chi connectivity index (χ0) is 9.64. The average molecular weight is 307 g/mol. The molecule has 0 fully saturated rings. The number of benzene rings is 2. The molecule has 0 saturated heterocycles. The molecule has 0 unspecified atom stereocenters. The first kappa shape index (κ1) is 12.3. The van der Waals surface area contributed by atoms with Crippen molar-refractivity contribution in [2.24, 2.45) is 0 Å². The molecule has 2 aromatic carbocycles. The van der Waals surface area contributed by atoms with Crippen LogP contribution in [-0.4, -0.2) is 24.4 Å². The van der Waals surface area contributed by atoms with Gasteiger partial charge in [-0.2, -0.15) is 0 Å². The van der Waals surface area contributed by atoms with Gasteiger partial charge in [-0.1, -0.05) is 60.7 Å². The molecule has 0 nitrogen and oxygen atoms in total. The Morgan fingerprint density at radius 2 is 0.867 bits per heavy atom. The van der Waals surface area contributed by atoms with Crippen LogP contribution in [0.5, 0.6) is 0 Å². The van der Waals surface area contributed by atoms with Gasteiger partial charge in [-0.15, -0.1) is 0 Å². The molecule has 0 radical (unpaired) electrons. The molecule has 0 bridgehead atoms. The molecule has 0 N–H and O–H groups in total. The molecule has 0 amide bonds. The number of aryl methyl sites for hydroxylation is 2. The van der Waals surface area contributed by atoms with Crippen molar-refractivity contribution in [1.82, 2.24) is 0 Å². The van der Waals surface area contributed by atoms with E-state index in [1.807, 2.05) is 0 Å². The molecular weight excluding hydrogens is 290 g/mol. The van der Waals surface area contributed by atoms with E-state index in [4.69, 9.17) is 0 Å². The SMILES string of the molecule is [SbH3].c1ccc(CCc2ccccc2)cc1. The van der Waals surface area contributed by atoms with E-state index < -0.39 is 0 Å². The van der Waals surface area contributed by atoms with Crippen molar-refractivity contribution < 1.29 is 0 Å². The first-order valence-electron chi connectivity index (χ1n) is 5.03. The van der Waals surface area contributed by atoms with Gasteiger partial charge in [0.15, 0.2) is 0 Å². The van der Waals surface area contributed by atoms with Crippen LogP contribution in [0.1, 0.15) is 11.1 Å². The van der Waals surface area contributed by atoms with Crippen LogP contribution in [0.25, 0.3) is 0 Å². The Bertz CT molecular complexity index is 328. The van der Waals surface area contributed by atoms with Crippen molar-refractivity contribution in [1.29, 1.82) is 0 Å². The van der Waals surface area contributed by atoms with Crippen molar-refractivity contribution in [2.45, 2.75) is 12.8 Å². The van der Waals surface area contributed by atoms with E-state index in [0.717, 1.165) is 12.8 Å². The van der Waals surface area contributed by atoms with Gasteiger partial charge in [0, 0.05) is 0 Å². The quantitative estimate of drug-likeness (QED) is 0.763. The van der Waals surface area contributed by atoms with Crippen molar-refractivity contribution in [3.05, 3.63) is 71.8 Å². The standard InChI is InChI=1S/C14H14.Sb.3H/c1-3-7-13(8-4-1)11-12-14-9-5-2-6-10-14;;;;/h1-10H,11-12H2;;;;. The van der Waals surface area contributed by atoms with E-state index in [1.165, 1.54) is 11.1 Å². The van der Waals surface area contributed by atoms with Crippen molar-refractivity contribution in [2.75, 3.05) is 0 Å². The number of hydrogen-bond donors (Lipinski definition) is 0. The maximum Gasteiger partial charge on any atom is -0.0238 e. The minimum Gasteiger partial charge on any atom is -0.0622 e. The summed E-state index contributed by atoms with van der Waals surface area (Å²) < 4.78 is 0. The van der Waals surface area contributed by atoms with E-state index in [1.54, 1.807) is 0 Å². The predicted octanol–water partition coefficient (Wildman–Crippen LogP) is 2.29. The fourth-order valence-corrected chi connectivity index (χ4v) is 1.58. The van der Waals surface area contributed by atoms with Crippen LogP contribution in [-0.2, 0) is 12.8 Å². The predicted molar refractivity (Wildman–Crippen MR) is 70.2 cm³/mol. The summed E-state index contributed by atoms with van der Waals surface area (Å²) in [6.07, 6.45) is 2.26. The summed E-state index contributed by atoms with van der Waals surface area (Å²) in [5, 5.41) is 0. The van der Waals surface area contributed by atoms with Gasteiger partial charge in [-0.25, -0.2) is 0 Å². The molecule has 0 aliphatic carbocycles. The second-order valence-corrected chi connectivity index (χ2v) is 3.47. The first-order chi connectivity index (χ1) is 6.95. The van der Waals surface area contributed by atoms with E-state index in [0.29, 0.717) is 0 Å². The second kappa shape index (κ2) is 6.69. The van der Waals surface area contributed by atoms with Gasteiger partial charge in [-0.3, -0.25) is 0 Å². The Labute approximate surface area is 109 Å². The van der Waals surface area contributed by atoms with Gasteiger partial charge in [0.05, 0.1) is 0 Å². The van der Waals surface area contributed by atoms with Crippen LogP contribution >= 0.6 is 0 Å². The molecular formula is C14H17Sb. The van der Waals surface area contributed by atoms with Crippen LogP contribution in [0.2, 0.25) is 0 Å². The average Bonchev–Trinajstić information content (AvgIpc) is 2.29. The Kier molecular flexibility index (Phi) is 5.50. The largest absolute Gasteiger partial charge is 0.0622 e. The first-order valence-corrected chi connectivity index (χ1v) is 5.03. The fourth-order valence-electron chi connectivity index (χ4n) is 1.58. The van der Waals surface area contributed by atoms with Gasteiger partial charge in [0.1, 0.15) is 0 Å². The zero-order valence-corrected chi connectivity index (χ0v) is 12.9. The van der Waals surface area contributed by atoms with Gasteiger partial charge in [0.2, 0.25) is 0 Å². The molecule has 0 aliphatic rings. The van der Waals surface area contributed by atoms with E-state index in [2.05, 4.69) is 60.7 Å². The monoisotopic (exact) mass is 306 g/mol. The van der Waals surface area contributed by atoms with E-state index >= 15 is 0 Å². The topological polar surface area (TPSA) is 0 Å². The van der Waals surface area contributed by atoms with Gasteiger partial charge in [-0.05, 0) is 24.0 Å². The van der Waals surface area contributed by atoms with E-state index in [9.17, 15) is 0 Å². The summed E-state index contributed by atoms with van der Waals surface area (Å²) in [5.41, 5.74) is 2.83. The molecule has 0 atom stereocenters. The van der Waals surface area contributed by atoms with E-state index in [-0.39, 0.29) is 24.4 Å². The summed E-state index contributed by atoms with van der Waals surface area (Å²) in [4.78, 5) is 0. The summed E-state index contributed by atoms with van der Waals surface area (Å²) in [6, 6.07) is 21.2. The molecule has 0 saturated carbocycles. The third kappa shape index (κ3) is 4.09. The van der Waals surface area contributed by atoms with Crippen LogP contribution < -0.4 is 0 Å². The smallest absolute Gasteiger partial charge is 0.0238 e. The third-order valence-electron chi connectivity index (χ3n) is 2.39. The Hall–Kier alpha value is -0.742. The van der Waals surface area contributed by atoms with Crippen LogP contribution in [0.4, 0.5) is 0 Å². The van der Waals surface area contributed by atoms with Gasteiger partial charge < -0.3 is 0 Å². The summed E-state index contributed by atoms with van der Waals surface area (Å²) in [7, 11) is 0. The fraction of sp³-hybridized carbons (Fsp3) is 0.143. The maximum atomic E-state index is 2.18. The summed E-state index contributed by atoms with van der Waals surface area (Å²) in [6.45, 7) is 0. The Morgan fingerprint density at radius 3 is 1.20 bits per heavy atom. The minimum absolute atomic E-state index is 0. The molecule has 0 aliphatic heterocycles. The Balaban J connectivity index is 0.00000112. The summed E-state index contributed by atoms with van der Waals surface area (Å²) in [5.74, 6) is 0. The van der Waals surface area contributed by atoms with Crippen molar-refractivity contribution >= 4 is 24.4 Å². The molecule has 2 rings (SSSR count). The molecule has 1 heteroatoms. The normalized spacial score (nSPS) is 9.33. The molecule has 78 valence electrons. The molecule has 0 heterocycles. The minimum atomic E-state index is 0. The van der Waals surface area contributed by atoms with Crippen molar-refractivity contribution in [3.8, 4) is 0 Å². The van der Waals surface area contributed by atoms with Gasteiger partial charge >= 0.3 is 24.4 Å². The van der Waals surface area contributed by atoms with Crippen LogP contribution in [0.3, 0.4) is 0 Å². The number of rotatable bonds is 3. The zero-order valence-electron chi connectivity index (χ0n) is 8.89. The molecule has 0 aromatic heterocycles. The van der Waals surface area contributed by atoms with Crippen LogP contribution in [0, 0.1) is 0 Å². The molecule has 2 aromatic rings.